The maximum absolute atomic E-state index is 12.3. The second kappa shape index (κ2) is 4.88. The molecule has 18 heavy (non-hydrogen) atoms. The molecule has 3 saturated heterocycles. The molecule has 0 spiro atoms. The smallest absolute Gasteiger partial charge is 0.245 e. The Morgan fingerprint density at radius 2 is 2.06 bits per heavy atom. The molecule has 2 atom stereocenters. The number of amides is 2. The lowest BCUT2D eigenvalue weighted by molar-refractivity contribution is -0.137. The summed E-state index contributed by atoms with van der Waals surface area (Å²) in [5.41, 5.74) is 0. The van der Waals surface area contributed by atoms with Crippen molar-refractivity contribution >= 4 is 11.8 Å². The van der Waals surface area contributed by atoms with E-state index in [1.54, 1.807) is 0 Å². The third kappa shape index (κ3) is 2.23. The summed E-state index contributed by atoms with van der Waals surface area (Å²) in [6.45, 7) is 3.86. The molecule has 0 aromatic rings. The van der Waals surface area contributed by atoms with E-state index in [4.69, 9.17) is 0 Å². The molecule has 3 rings (SSSR count). The number of carbonyl (C=O) groups excluding carboxylic acids is 2. The molecule has 2 amide bonds. The minimum absolute atomic E-state index is 0.0182. The molecule has 0 saturated carbocycles. The highest BCUT2D eigenvalue weighted by Crippen LogP contribution is 2.22. The summed E-state index contributed by atoms with van der Waals surface area (Å²) in [5.74, 6) is 0.149. The summed E-state index contributed by atoms with van der Waals surface area (Å²) in [6, 6.07) is 0.293. The molecule has 5 nitrogen and oxygen atoms in total. The van der Waals surface area contributed by atoms with Gasteiger partial charge in [0.2, 0.25) is 11.8 Å². The average Bonchev–Trinajstić information content (AvgIpc) is 2.84. The Morgan fingerprint density at radius 1 is 1.17 bits per heavy atom. The van der Waals surface area contributed by atoms with Crippen LogP contribution in [0.25, 0.3) is 0 Å². The SMILES string of the molecule is O=C1CC[C@H](C(=O)N2CCN3CCCCC3C2)N1. The molecule has 3 heterocycles. The standard InChI is InChI=1S/C13H21N3O2/c17-12-5-4-11(14-12)13(18)16-8-7-15-6-2-1-3-10(15)9-16/h10-11H,1-9H2,(H,14,17)/t10?,11-/m1/s1. The third-order valence-electron chi connectivity index (χ3n) is 4.44. The van der Waals surface area contributed by atoms with Crippen molar-refractivity contribution in [1.82, 2.24) is 15.1 Å². The van der Waals surface area contributed by atoms with Crippen molar-refractivity contribution in [3.63, 3.8) is 0 Å². The molecule has 3 fully saturated rings. The zero-order chi connectivity index (χ0) is 12.5. The minimum Gasteiger partial charge on any atom is -0.344 e. The number of piperidine rings is 1. The lowest BCUT2D eigenvalue weighted by Crippen LogP contribution is -2.58. The first-order chi connectivity index (χ1) is 8.74. The zero-order valence-electron chi connectivity index (χ0n) is 10.7. The Balaban J connectivity index is 1.60. The van der Waals surface area contributed by atoms with Crippen molar-refractivity contribution in [2.75, 3.05) is 26.2 Å². The first-order valence-electron chi connectivity index (χ1n) is 7.06. The zero-order valence-corrected chi connectivity index (χ0v) is 10.7. The van der Waals surface area contributed by atoms with Crippen LogP contribution in [0, 0.1) is 0 Å². The largest absolute Gasteiger partial charge is 0.344 e. The topological polar surface area (TPSA) is 52.7 Å². The van der Waals surface area contributed by atoms with Gasteiger partial charge in [0, 0.05) is 32.1 Å². The molecule has 1 unspecified atom stereocenters. The van der Waals surface area contributed by atoms with E-state index in [1.807, 2.05) is 4.90 Å². The van der Waals surface area contributed by atoms with E-state index in [2.05, 4.69) is 10.2 Å². The highest BCUT2D eigenvalue weighted by atomic mass is 16.2. The molecule has 5 heteroatoms. The molecule has 1 N–H and O–H groups in total. The van der Waals surface area contributed by atoms with Gasteiger partial charge in [0.15, 0.2) is 0 Å². The first-order valence-corrected chi connectivity index (χ1v) is 7.06. The first kappa shape index (κ1) is 12.0. The van der Waals surface area contributed by atoms with E-state index >= 15 is 0 Å². The summed E-state index contributed by atoms with van der Waals surface area (Å²) >= 11 is 0. The van der Waals surface area contributed by atoms with Crippen LogP contribution in [0.15, 0.2) is 0 Å². The van der Waals surface area contributed by atoms with Gasteiger partial charge in [0.05, 0.1) is 0 Å². The molecular weight excluding hydrogens is 230 g/mol. The van der Waals surface area contributed by atoms with Crippen molar-refractivity contribution in [3.05, 3.63) is 0 Å². The van der Waals surface area contributed by atoms with Crippen molar-refractivity contribution in [2.45, 2.75) is 44.2 Å². The van der Waals surface area contributed by atoms with Gasteiger partial charge < -0.3 is 10.2 Å². The molecule has 0 aromatic heterocycles. The third-order valence-corrected chi connectivity index (χ3v) is 4.44. The van der Waals surface area contributed by atoms with Crippen LogP contribution >= 0.6 is 0 Å². The van der Waals surface area contributed by atoms with Gasteiger partial charge in [-0.25, -0.2) is 0 Å². The van der Waals surface area contributed by atoms with Gasteiger partial charge in [-0.05, 0) is 25.8 Å². The fraction of sp³-hybridized carbons (Fsp3) is 0.846. The van der Waals surface area contributed by atoms with Gasteiger partial charge in [-0.3, -0.25) is 14.5 Å². The van der Waals surface area contributed by atoms with Crippen LogP contribution in [0.2, 0.25) is 0 Å². The number of piperazine rings is 1. The molecular formula is C13H21N3O2. The highest BCUT2D eigenvalue weighted by molar-refractivity contribution is 5.90. The summed E-state index contributed by atoms with van der Waals surface area (Å²) in [4.78, 5) is 28.0. The summed E-state index contributed by atoms with van der Waals surface area (Å²) < 4.78 is 0. The summed E-state index contributed by atoms with van der Waals surface area (Å²) in [5, 5.41) is 2.78. The number of carbonyl (C=O) groups is 2. The number of hydrogen-bond acceptors (Lipinski definition) is 3. The summed E-state index contributed by atoms with van der Waals surface area (Å²) in [6.07, 6.45) is 4.95. The minimum atomic E-state index is -0.257. The Bertz CT molecular complexity index is 358. The highest BCUT2D eigenvalue weighted by Gasteiger charge is 2.35. The number of nitrogens with zero attached hydrogens (tertiary/aromatic N) is 2. The Morgan fingerprint density at radius 3 is 2.83 bits per heavy atom. The lowest BCUT2D eigenvalue weighted by atomic mass is 9.99. The van der Waals surface area contributed by atoms with Crippen molar-refractivity contribution in [3.8, 4) is 0 Å². The van der Waals surface area contributed by atoms with E-state index in [0.29, 0.717) is 18.9 Å². The molecule has 0 aromatic carbocycles. The average molecular weight is 251 g/mol. The van der Waals surface area contributed by atoms with Gasteiger partial charge in [-0.2, -0.15) is 0 Å². The second-order valence-electron chi connectivity index (χ2n) is 5.63. The van der Waals surface area contributed by atoms with Crippen LogP contribution in [0.4, 0.5) is 0 Å². The summed E-state index contributed by atoms with van der Waals surface area (Å²) in [7, 11) is 0. The Hall–Kier alpha value is -1.10. The van der Waals surface area contributed by atoms with E-state index < -0.39 is 0 Å². The maximum Gasteiger partial charge on any atom is 0.245 e. The molecule has 3 aliphatic heterocycles. The quantitative estimate of drug-likeness (QED) is 0.711. The van der Waals surface area contributed by atoms with Crippen LogP contribution in [0.1, 0.15) is 32.1 Å². The molecule has 3 aliphatic rings. The monoisotopic (exact) mass is 251 g/mol. The van der Waals surface area contributed by atoms with Gasteiger partial charge in [0.1, 0.15) is 6.04 Å². The normalized spacial score (nSPS) is 33.1. The fourth-order valence-electron chi connectivity index (χ4n) is 3.38. The van der Waals surface area contributed by atoms with Crippen LogP contribution in [0.3, 0.4) is 0 Å². The van der Waals surface area contributed by atoms with E-state index in [9.17, 15) is 9.59 Å². The van der Waals surface area contributed by atoms with Gasteiger partial charge in [-0.1, -0.05) is 6.42 Å². The van der Waals surface area contributed by atoms with Crippen molar-refractivity contribution in [1.29, 1.82) is 0 Å². The number of nitrogens with one attached hydrogen (secondary N) is 1. The van der Waals surface area contributed by atoms with E-state index in [-0.39, 0.29) is 17.9 Å². The van der Waals surface area contributed by atoms with Gasteiger partial charge in [-0.15, -0.1) is 0 Å². The van der Waals surface area contributed by atoms with Crippen LogP contribution < -0.4 is 5.32 Å². The van der Waals surface area contributed by atoms with Crippen molar-refractivity contribution < 1.29 is 9.59 Å². The lowest BCUT2D eigenvalue weighted by Gasteiger charge is -2.44. The predicted octanol–water partition coefficient (Wildman–Crippen LogP) is -0.0383. The maximum atomic E-state index is 12.3. The van der Waals surface area contributed by atoms with Crippen LogP contribution in [-0.2, 0) is 9.59 Å². The van der Waals surface area contributed by atoms with E-state index in [0.717, 1.165) is 19.6 Å². The van der Waals surface area contributed by atoms with E-state index in [1.165, 1.54) is 25.8 Å². The van der Waals surface area contributed by atoms with Gasteiger partial charge in [0.25, 0.3) is 0 Å². The van der Waals surface area contributed by atoms with Crippen molar-refractivity contribution in [2.24, 2.45) is 0 Å². The second-order valence-corrected chi connectivity index (χ2v) is 5.63. The molecule has 0 radical (unpaired) electrons. The molecule has 0 aliphatic carbocycles. The van der Waals surface area contributed by atoms with Gasteiger partial charge >= 0.3 is 0 Å². The fourth-order valence-corrected chi connectivity index (χ4v) is 3.38. The predicted molar refractivity (Wildman–Crippen MR) is 67.0 cm³/mol. The number of hydrogen-bond donors (Lipinski definition) is 1. The Labute approximate surface area is 107 Å². The van der Waals surface area contributed by atoms with Crippen LogP contribution in [0.5, 0.6) is 0 Å². The molecule has 100 valence electrons. The molecule has 0 bridgehead atoms. The number of fused-ring (bicyclic) bond motifs is 1. The number of rotatable bonds is 1. The van der Waals surface area contributed by atoms with Crippen LogP contribution in [-0.4, -0.2) is 59.9 Å². The Kier molecular flexibility index (Phi) is 3.24.